The van der Waals surface area contributed by atoms with Crippen molar-refractivity contribution in [2.45, 2.75) is 35.9 Å². The zero-order chi connectivity index (χ0) is 22.4. The van der Waals surface area contributed by atoms with Gasteiger partial charge in [-0.15, -0.1) is 11.3 Å². The molecular weight excluding hydrogens is 552 g/mol. The Bertz CT molecular complexity index is 1110. The minimum Gasteiger partial charge on any atom is -0.443 e. The molecule has 2 rings (SSSR count). The topological polar surface area (TPSA) is 121 Å². The van der Waals surface area contributed by atoms with Crippen LogP contribution in [0.4, 0.5) is 4.79 Å². The molecule has 0 bridgehead atoms. The number of sulfonamides is 1. The maximum atomic E-state index is 13.1. The predicted octanol–water partition coefficient (Wildman–Crippen LogP) is 5.16. The monoisotopic (exact) mass is 567 g/mol. The summed E-state index contributed by atoms with van der Waals surface area (Å²) in [5, 5.41) is 1.25. The van der Waals surface area contributed by atoms with Crippen LogP contribution in [-0.4, -0.2) is 40.5 Å². The number of alkyl halides is 1. The minimum atomic E-state index is -4.93. The van der Waals surface area contributed by atoms with E-state index in [9.17, 15) is 27.6 Å². The van der Waals surface area contributed by atoms with Gasteiger partial charge in [0.1, 0.15) is 16.1 Å². The van der Waals surface area contributed by atoms with E-state index in [4.69, 9.17) is 27.9 Å². The van der Waals surface area contributed by atoms with E-state index in [1.54, 1.807) is 6.07 Å². The van der Waals surface area contributed by atoms with Crippen LogP contribution in [0.5, 0.6) is 0 Å². The van der Waals surface area contributed by atoms with E-state index in [1.165, 1.54) is 26.8 Å². The Hall–Kier alpha value is -0.390. The van der Waals surface area contributed by atoms with Gasteiger partial charge in [-0.2, -0.15) is 12.7 Å². The highest BCUT2D eigenvalue weighted by molar-refractivity contribution is 9.08. The molecule has 1 heterocycles. The van der Waals surface area contributed by atoms with Crippen LogP contribution in [0.3, 0.4) is 0 Å². The number of hydrogen-bond acceptors (Lipinski definition) is 6. The van der Waals surface area contributed by atoms with E-state index in [0.29, 0.717) is 21.0 Å². The fraction of sp³-hybridized carbons (Fsp3) is 0.400. The lowest BCUT2D eigenvalue weighted by molar-refractivity contribution is 0.0404. The smallest absolute Gasteiger partial charge is 0.424 e. The molecule has 0 radical (unpaired) electrons. The maximum Gasteiger partial charge on any atom is 0.424 e. The number of ether oxygens (including phenoxy) is 1. The van der Waals surface area contributed by atoms with Gasteiger partial charge in [0.05, 0.1) is 14.7 Å². The van der Waals surface area contributed by atoms with Crippen molar-refractivity contribution < 1.29 is 32.3 Å². The molecule has 14 heteroatoms. The molecule has 29 heavy (non-hydrogen) atoms. The number of thiophene rings is 1. The first-order valence-corrected chi connectivity index (χ1v) is 13.8. The second-order valence-corrected chi connectivity index (χ2v) is 13.0. The Balaban J connectivity index is 2.64. The molecule has 0 saturated heterocycles. The normalized spacial score (nSPS) is 13.0. The van der Waals surface area contributed by atoms with Crippen LogP contribution in [0.2, 0.25) is 10.0 Å². The largest absolute Gasteiger partial charge is 0.443 e. The van der Waals surface area contributed by atoms with Crippen LogP contribution in [-0.2, 0) is 24.7 Å². The van der Waals surface area contributed by atoms with Crippen molar-refractivity contribution in [3.63, 3.8) is 0 Å². The van der Waals surface area contributed by atoms with Crippen LogP contribution in [0, 0.1) is 0 Å². The first kappa shape index (κ1) is 24.9. The molecule has 2 aromatic rings. The first-order chi connectivity index (χ1) is 13.1. The van der Waals surface area contributed by atoms with E-state index >= 15 is 0 Å². The average molecular weight is 569 g/mol. The molecule has 0 aliphatic carbocycles. The molecule has 2 N–H and O–H groups in total. The van der Waals surface area contributed by atoms with Gasteiger partial charge in [-0.1, -0.05) is 39.1 Å². The highest BCUT2D eigenvalue weighted by Crippen LogP contribution is 2.43. The van der Waals surface area contributed by atoms with E-state index < -0.39 is 35.6 Å². The number of carbonyl (C=O) groups excluding carboxylic acids is 1. The van der Waals surface area contributed by atoms with Gasteiger partial charge >= 0.3 is 13.7 Å². The molecule has 1 aromatic carbocycles. The molecule has 0 saturated carbocycles. The fourth-order valence-corrected chi connectivity index (χ4v) is 7.46. The Kier molecular flexibility index (Phi) is 7.40. The lowest BCUT2D eigenvalue weighted by atomic mass is 10.2. The van der Waals surface area contributed by atoms with Crippen LogP contribution < -0.4 is 0 Å². The molecule has 162 valence electrons. The fourth-order valence-electron chi connectivity index (χ4n) is 2.21. The van der Waals surface area contributed by atoms with Crippen molar-refractivity contribution in [2.75, 3.05) is 6.29 Å². The maximum absolute atomic E-state index is 13.1. The molecule has 0 aliphatic heterocycles. The van der Waals surface area contributed by atoms with Crippen LogP contribution in [0.15, 0.2) is 16.3 Å². The van der Waals surface area contributed by atoms with Crippen LogP contribution >= 0.6 is 58.1 Å². The molecule has 0 spiro atoms. The second kappa shape index (κ2) is 8.63. The second-order valence-electron chi connectivity index (χ2n) is 6.91. The SMILES string of the molecule is CC(C)(C)OC(=O)N(CP(=O)(O)O)S(=O)(=O)c1cc2c(Cl)c(CBr)cc(Cl)c2s1. The number of benzene rings is 1. The van der Waals surface area contributed by atoms with E-state index in [2.05, 4.69) is 15.9 Å². The summed E-state index contributed by atoms with van der Waals surface area (Å²) >= 11 is 16.5. The highest BCUT2D eigenvalue weighted by atomic mass is 79.9. The number of rotatable bonds is 5. The van der Waals surface area contributed by atoms with E-state index in [1.807, 2.05) is 0 Å². The lowest BCUT2D eigenvalue weighted by Crippen LogP contribution is -2.41. The summed E-state index contributed by atoms with van der Waals surface area (Å²) in [7, 11) is -9.60. The van der Waals surface area contributed by atoms with Crippen LogP contribution in [0.25, 0.3) is 10.1 Å². The summed E-state index contributed by atoms with van der Waals surface area (Å²) < 4.78 is 42.7. The van der Waals surface area contributed by atoms with Crippen molar-refractivity contribution in [2.24, 2.45) is 0 Å². The summed E-state index contributed by atoms with van der Waals surface area (Å²) in [6.45, 7) is 4.48. The van der Waals surface area contributed by atoms with Crippen molar-refractivity contribution in [3.8, 4) is 0 Å². The number of nitrogens with zero attached hydrogens (tertiary/aromatic N) is 1. The quantitative estimate of drug-likeness (QED) is 0.377. The Morgan fingerprint density at radius 1 is 1.31 bits per heavy atom. The van der Waals surface area contributed by atoms with Crippen LogP contribution in [0.1, 0.15) is 26.3 Å². The number of fused-ring (bicyclic) bond motifs is 1. The third-order valence-electron chi connectivity index (χ3n) is 3.34. The van der Waals surface area contributed by atoms with Crippen molar-refractivity contribution >= 4 is 84.3 Å². The number of hydrogen-bond donors (Lipinski definition) is 2. The molecule has 0 atom stereocenters. The number of amides is 1. The van der Waals surface area contributed by atoms with Crippen molar-refractivity contribution in [3.05, 3.63) is 27.7 Å². The number of halogens is 3. The lowest BCUT2D eigenvalue weighted by Gasteiger charge is -2.26. The highest BCUT2D eigenvalue weighted by Gasteiger charge is 2.39. The summed E-state index contributed by atoms with van der Waals surface area (Å²) in [5.74, 6) is 0. The van der Waals surface area contributed by atoms with E-state index in [0.717, 1.165) is 11.3 Å². The molecule has 0 unspecified atom stereocenters. The van der Waals surface area contributed by atoms with Crippen molar-refractivity contribution in [1.82, 2.24) is 4.31 Å². The average Bonchev–Trinajstić information content (AvgIpc) is 3.00. The van der Waals surface area contributed by atoms with Gasteiger partial charge in [0, 0.05) is 10.7 Å². The number of carbonyl (C=O) groups is 1. The third kappa shape index (κ3) is 5.86. The molecule has 0 fully saturated rings. The Labute approximate surface area is 190 Å². The minimum absolute atomic E-state index is 0.0248. The van der Waals surface area contributed by atoms with Gasteiger partial charge in [0.15, 0.2) is 0 Å². The summed E-state index contributed by atoms with van der Waals surface area (Å²) in [6.07, 6.45) is -2.77. The summed E-state index contributed by atoms with van der Waals surface area (Å²) in [4.78, 5) is 31.0. The van der Waals surface area contributed by atoms with Gasteiger partial charge in [0.2, 0.25) is 0 Å². The van der Waals surface area contributed by atoms with Gasteiger partial charge in [-0.25, -0.2) is 4.79 Å². The summed E-state index contributed by atoms with van der Waals surface area (Å²) in [6, 6.07) is 2.79. The zero-order valence-electron chi connectivity index (χ0n) is 15.3. The van der Waals surface area contributed by atoms with E-state index in [-0.39, 0.29) is 18.6 Å². The molecule has 0 aliphatic rings. The third-order valence-corrected chi connectivity index (χ3v) is 8.98. The molecule has 1 amide bonds. The zero-order valence-corrected chi connectivity index (χ0v) is 21.0. The molecular formula is C15H17BrCl2NO7PS2. The van der Waals surface area contributed by atoms with Crippen molar-refractivity contribution in [1.29, 1.82) is 0 Å². The predicted molar refractivity (Wildman–Crippen MR) is 117 cm³/mol. The van der Waals surface area contributed by atoms with Gasteiger partial charge in [-0.05, 0) is 38.5 Å². The standard InChI is InChI=1S/C15H17BrCl2NO7PS2/c1-15(2,3)26-14(20)19(7-27(21,22)23)29(24,25)11-5-9-12(18)8(6-16)4-10(17)13(9)28-11/h4-5H,6-7H2,1-3H3,(H2,21,22,23). The van der Waals surface area contributed by atoms with Gasteiger partial charge < -0.3 is 14.5 Å². The Morgan fingerprint density at radius 2 is 1.90 bits per heavy atom. The van der Waals surface area contributed by atoms with Gasteiger partial charge in [0.25, 0.3) is 10.0 Å². The molecule has 1 aromatic heterocycles. The van der Waals surface area contributed by atoms with Gasteiger partial charge in [-0.3, -0.25) is 4.57 Å². The summed E-state index contributed by atoms with van der Waals surface area (Å²) in [5.41, 5.74) is -0.456. The Morgan fingerprint density at radius 3 is 2.38 bits per heavy atom. The molecule has 8 nitrogen and oxygen atoms in total. The first-order valence-electron chi connectivity index (χ1n) is 7.83.